The second kappa shape index (κ2) is 6.28. The third kappa shape index (κ3) is 3.25. The van der Waals surface area contributed by atoms with Crippen LogP contribution >= 0.6 is 0 Å². The quantitative estimate of drug-likeness (QED) is 0.889. The number of amides is 1. The second-order valence-electron chi connectivity index (χ2n) is 5.80. The molecular formula is C15H22N2O4. The van der Waals surface area contributed by atoms with Gasteiger partial charge in [-0.1, -0.05) is 18.0 Å². The van der Waals surface area contributed by atoms with E-state index in [0.29, 0.717) is 18.6 Å². The van der Waals surface area contributed by atoms with E-state index < -0.39 is 17.8 Å². The highest BCUT2D eigenvalue weighted by atomic mass is 16.5. The molecule has 116 valence electrons. The molecule has 0 saturated heterocycles. The molecule has 1 aliphatic rings. The SMILES string of the molecule is Cc1noc(C)c1C(C)NC(=O)C1CCCCC1C(=O)O. The first-order valence-electron chi connectivity index (χ1n) is 7.37. The molecule has 6 nitrogen and oxygen atoms in total. The molecule has 3 unspecified atom stereocenters. The summed E-state index contributed by atoms with van der Waals surface area (Å²) in [6.07, 6.45) is 2.99. The van der Waals surface area contributed by atoms with E-state index >= 15 is 0 Å². The van der Waals surface area contributed by atoms with Gasteiger partial charge < -0.3 is 14.9 Å². The van der Waals surface area contributed by atoms with E-state index in [1.165, 1.54) is 0 Å². The van der Waals surface area contributed by atoms with Crippen LogP contribution in [0.5, 0.6) is 0 Å². The summed E-state index contributed by atoms with van der Waals surface area (Å²) in [7, 11) is 0. The fraction of sp³-hybridized carbons (Fsp3) is 0.667. The maximum absolute atomic E-state index is 12.4. The van der Waals surface area contributed by atoms with Gasteiger partial charge in [0.1, 0.15) is 5.76 Å². The van der Waals surface area contributed by atoms with Gasteiger partial charge >= 0.3 is 5.97 Å². The Morgan fingerprint density at radius 1 is 1.29 bits per heavy atom. The molecule has 2 N–H and O–H groups in total. The second-order valence-corrected chi connectivity index (χ2v) is 5.80. The van der Waals surface area contributed by atoms with Crippen molar-refractivity contribution in [3.05, 3.63) is 17.0 Å². The third-order valence-electron chi connectivity index (χ3n) is 4.30. The molecular weight excluding hydrogens is 272 g/mol. The van der Waals surface area contributed by atoms with Crippen LogP contribution < -0.4 is 5.32 Å². The van der Waals surface area contributed by atoms with E-state index in [4.69, 9.17) is 4.52 Å². The minimum absolute atomic E-state index is 0.186. The van der Waals surface area contributed by atoms with Crippen molar-refractivity contribution >= 4 is 11.9 Å². The standard InChI is InChI=1S/C15H22N2O4/c1-8(13-9(2)17-21-10(13)3)16-14(18)11-6-4-5-7-12(11)15(19)20/h8,11-12H,4-7H2,1-3H3,(H,16,18)(H,19,20). The van der Waals surface area contributed by atoms with Crippen molar-refractivity contribution in [3.8, 4) is 0 Å². The lowest BCUT2D eigenvalue weighted by molar-refractivity contribution is -0.149. The smallest absolute Gasteiger partial charge is 0.307 e. The van der Waals surface area contributed by atoms with Crippen molar-refractivity contribution < 1.29 is 19.2 Å². The van der Waals surface area contributed by atoms with Crippen LogP contribution in [0.3, 0.4) is 0 Å². The van der Waals surface area contributed by atoms with Crippen LogP contribution in [0, 0.1) is 25.7 Å². The summed E-state index contributed by atoms with van der Waals surface area (Å²) in [6, 6.07) is -0.236. The Bertz CT molecular complexity index is 518. The zero-order valence-electron chi connectivity index (χ0n) is 12.7. The van der Waals surface area contributed by atoms with Crippen LogP contribution in [-0.4, -0.2) is 22.1 Å². The highest BCUT2D eigenvalue weighted by Crippen LogP contribution is 2.31. The van der Waals surface area contributed by atoms with Gasteiger partial charge in [-0.15, -0.1) is 0 Å². The number of aryl methyl sites for hydroxylation is 2. The minimum Gasteiger partial charge on any atom is -0.481 e. The van der Waals surface area contributed by atoms with Crippen molar-refractivity contribution in [2.45, 2.75) is 52.5 Å². The van der Waals surface area contributed by atoms with Gasteiger partial charge in [-0.05, 0) is 33.6 Å². The number of rotatable bonds is 4. The largest absolute Gasteiger partial charge is 0.481 e. The fourth-order valence-electron chi connectivity index (χ4n) is 3.24. The number of carboxylic acid groups (broad SMARTS) is 1. The molecule has 0 aliphatic heterocycles. The van der Waals surface area contributed by atoms with E-state index in [1.54, 1.807) is 6.92 Å². The first-order valence-corrected chi connectivity index (χ1v) is 7.37. The van der Waals surface area contributed by atoms with Crippen LogP contribution in [0.25, 0.3) is 0 Å². The molecule has 0 spiro atoms. The van der Waals surface area contributed by atoms with Crippen molar-refractivity contribution in [1.82, 2.24) is 10.5 Å². The zero-order chi connectivity index (χ0) is 15.6. The van der Waals surface area contributed by atoms with Crippen molar-refractivity contribution in [1.29, 1.82) is 0 Å². The molecule has 0 aromatic carbocycles. The number of hydrogen-bond acceptors (Lipinski definition) is 4. The van der Waals surface area contributed by atoms with E-state index in [2.05, 4.69) is 10.5 Å². The monoisotopic (exact) mass is 294 g/mol. The fourth-order valence-corrected chi connectivity index (χ4v) is 3.24. The van der Waals surface area contributed by atoms with Gasteiger partial charge in [0.2, 0.25) is 5.91 Å². The predicted octanol–water partition coefficient (Wildman–Crippen LogP) is 2.36. The van der Waals surface area contributed by atoms with Crippen molar-refractivity contribution in [2.24, 2.45) is 11.8 Å². The first kappa shape index (κ1) is 15.5. The highest BCUT2D eigenvalue weighted by molar-refractivity contribution is 5.85. The Morgan fingerprint density at radius 3 is 2.43 bits per heavy atom. The molecule has 1 heterocycles. The Labute approximate surface area is 123 Å². The molecule has 1 saturated carbocycles. The number of nitrogens with zero attached hydrogens (tertiary/aromatic N) is 1. The summed E-state index contributed by atoms with van der Waals surface area (Å²) in [4.78, 5) is 23.7. The molecule has 1 aliphatic carbocycles. The van der Waals surface area contributed by atoms with Crippen molar-refractivity contribution in [3.63, 3.8) is 0 Å². The molecule has 1 amide bonds. The molecule has 1 aromatic heterocycles. The molecule has 0 radical (unpaired) electrons. The van der Waals surface area contributed by atoms with Crippen LogP contribution in [0.4, 0.5) is 0 Å². The predicted molar refractivity (Wildman–Crippen MR) is 75.6 cm³/mol. The lowest BCUT2D eigenvalue weighted by Crippen LogP contribution is -2.40. The van der Waals surface area contributed by atoms with Crippen LogP contribution in [0.15, 0.2) is 4.52 Å². The average molecular weight is 294 g/mol. The third-order valence-corrected chi connectivity index (χ3v) is 4.30. The van der Waals surface area contributed by atoms with Gasteiger partial charge in [0.15, 0.2) is 0 Å². The Hall–Kier alpha value is -1.85. The Balaban J connectivity index is 2.08. The minimum atomic E-state index is -0.875. The number of carbonyl (C=O) groups is 2. The Kier molecular flexibility index (Phi) is 4.65. The summed E-state index contributed by atoms with van der Waals surface area (Å²) < 4.78 is 5.11. The lowest BCUT2D eigenvalue weighted by Gasteiger charge is -2.28. The van der Waals surface area contributed by atoms with Crippen LogP contribution in [0.1, 0.15) is 55.7 Å². The molecule has 2 rings (SSSR count). The number of carboxylic acids is 1. The molecule has 1 fully saturated rings. The number of carbonyl (C=O) groups excluding carboxylic acids is 1. The summed E-state index contributed by atoms with van der Waals surface area (Å²) in [6.45, 7) is 5.50. The number of hydrogen-bond donors (Lipinski definition) is 2. The van der Waals surface area contributed by atoms with E-state index in [0.717, 1.165) is 24.1 Å². The lowest BCUT2D eigenvalue weighted by atomic mass is 9.78. The van der Waals surface area contributed by atoms with Gasteiger partial charge in [0.05, 0.1) is 23.6 Å². The normalized spacial score (nSPS) is 23.6. The number of nitrogens with one attached hydrogen (secondary N) is 1. The van der Waals surface area contributed by atoms with Gasteiger partial charge in [-0.3, -0.25) is 9.59 Å². The van der Waals surface area contributed by atoms with E-state index in [-0.39, 0.29) is 11.9 Å². The van der Waals surface area contributed by atoms with E-state index in [9.17, 15) is 14.7 Å². The summed E-state index contributed by atoms with van der Waals surface area (Å²) in [5.41, 5.74) is 1.62. The molecule has 3 atom stereocenters. The number of aromatic nitrogens is 1. The highest BCUT2D eigenvalue weighted by Gasteiger charge is 2.36. The topological polar surface area (TPSA) is 92.4 Å². The van der Waals surface area contributed by atoms with Gasteiger partial charge in [-0.2, -0.15) is 0 Å². The molecule has 6 heteroatoms. The summed E-state index contributed by atoms with van der Waals surface area (Å²) in [5.74, 6) is -1.40. The zero-order valence-corrected chi connectivity index (χ0v) is 12.7. The van der Waals surface area contributed by atoms with Gasteiger partial charge in [-0.25, -0.2) is 0 Å². The molecule has 1 aromatic rings. The van der Waals surface area contributed by atoms with Crippen LogP contribution in [0.2, 0.25) is 0 Å². The van der Waals surface area contributed by atoms with Gasteiger partial charge in [0.25, 0.3) is 0 Å². The molecule has 0 bridgehead atoms. The average Bonchev–Trinajstić information content (AvgIpc) is 2.78. The van der Waals surface area contributed by atoms with Crippen molar-refractivity contribution in [2.75, 3.05) is 0 Å². The Morgan fingerprint density at radius 2 is 1.90 bits per heavy atom. The summed E-state index contributed by atoms with van der Waals surface area (Å²) in [5, 5.41) is 16.1. The summed E-state index contributed by atoms with van der Waals surface area (Å²) >= 11 is 0. The first-order chi connectivity index (χ1) is 9.91. The number of aliphatic carboxylic acids is 1. The van der Waals surface area contributed by atoms with Crippen LogP contribution in [-0.2, 0) is 9.59 Å². The molecule has 21 heavy (non-hydrogen) atoms. The maximum Gasteiger partial charge on any atom is 0.307 e. The maximum atomic E-state index is 12.4. The van der Waals surface area contributed by atoms with E-state index in [1.807, 2.05) is 13.8 Å². The van der Waals surface area contributed by atoms with Gasteiger partial charge in [0, 0.05) is 5.56 Å².